The molecule has 0 spiro atoms. The number of nitrogen functional groups attached to an aromatic ring is 1. The Balaban J connectivity index is 1.77. The van der Waals surface area contributed by atoms with Gasteiger partial charge in [-0.15, -0.1) is 11.3 Å². The Morgan fingerprint density at radius 2 is 1.46 bits per heavy atom. The van der Waals surface area contributed by atoms with Crippen LogP contribution in [0, 0.1) is 0 Å². The highest BCUT2D eigenvalue weighted by Crippen LogP contribution is 2.24. The second kappa shape index (κ2) is 11.1. The van der Waals surface area contributed by atoms with Gasteiger partial charge >= 0.3 is 0 Å². The van der Waals surface area contributed by atoms with Gasteiger partial charge in [-0.25, -0.2) is 4.98 Å². The monoisotopic (exact) mass is 351 g/mol. The number of hydrogen-bond acceptors (Lipinski definition) is 4. The molecule has 0 radical (unpaired) electrons. The molecule has 0 saturated heterocycles. The summed E-state index contributed by atoms with van der Waals surface area (Å²) in [7, 11) is 0. The third-order valence-corrected chi connectivity index (χ3v) is 6.34. The van der Waals surface area contributed by atoms with Crippen LogP contribution in [0.3, 0.4) is 0 Å². The Hall–Kier alpha value is -0.610. The molecule has 4 heteroatoms. The van der Waals surface area contributed by atoms with Gasteiger partial charge in [0.05, 0.1) is 0 Å². The third-order valence-electron chi connectivity index (χ3n) is 5.45. The molecule has 1 saturated carbocycles. The largest absolute Gasteiger partial charge is 0.375 e. The molecule has 24 heavy (non-hydrogen) atoms. The van der Waals surface area contributed by atoms with Crippen LogP contribution in [0.5, 0.6) is 0 Å². The van der Waals surface area contributed by atoms with E-state index in [0.717, 1.165) is 13.0 Å². The maximum atomic E-state index is 5.73. The Kier molecular flexibility index (Phi) is 9.11. The fourth-order valence-electron chi connectivity index (χ4n) is 3.85. The minimum Gasteiger partial charge on any atom is -0.375 e. The van der Waals surface area contributed by atoms with Crippen molar-refractivity contribution in [1.29, 1.82) is 0 Å². The topological polar surface area (TPSA) is 50.9 Å². The molecule has 1 aliphatic carbocycles. The van der Waals surface area contributed by atoms with Gasteiger partial charge in [0.25, 0.3) is 0 Å². The fraction of sp³-hybridized carbons (Fsp3) is 0.850. The molecule has 2 rings (SSSR count). The molecule has 0 unspecified atom stereocenters. The number of hydrogen-bond donors (Lipinski definition) is 2. The Labute approximate surface area is 152 Å². The number of nitrogens with two attached hydrogens (primary N) is 1. The molecular formula is C20H37N3S. The van der Waals surface area contributed by atoms with E-state index >= 15 is 0 Å². The van der Waals surface area contributed by atoms with Gasteiger partial charge in [0.1, 0.15) is 0 Å². The second-order valence-corrected chi connectivity index (χ2v) is 8.94. The molecule has 1 heterocycles. The van der Waals surface area contributed by atoms with E-state index in [2.05, 4.69) is 17.2 Å². The first-order chi connectivity index (χ1) is 11.7. The lowest BCUT2D eigenvalue weighted by Gasteiger charge is -2.32. The van der Waals surface area contributed by atoms with Gasteiger partial charge in [0.15, 0.2) is 5.13 Å². The number of nitrogens with one attached hydrogen (secondary N) is 1. The summed E-state index contributed by atoms with van der Waals surface area (Å²) >= 11 is 1.62. The summed E-state index contributed by atoms with van der Waals surface area (Å²) in [4.78, 5) is 5.45. The van der Waals surface area contributed by atoms with E-state index in [4.69, 9.17) is 5.73 Å². The lowest BCUT2D eigenvalue weighted by Crippen LogP contribution is -2.43. The summed E-state index contributed by atoms with van der Waals surface area (Å²) in [6.45, 7) is 3.48. The van der Waals surface area contributed by atoms with Crippen molar-refractivity contribution in [2.45, 2.75) is 102 Å². The number of aromatic nitrogens is 1. The molecule has 1 fully saturated rings. The van der Waals surface area contributed by atoms with Crippen LogP contribution in [0.2, 0.25) is 0 Å². The van der Waals surface area contributed by atoms with Crippen molar-refractivity contribution in [1.82, 2.24) is 10.3 Å². The van der Waals surface area contributed by atoms with Crippen molar-refractivity contribution in [2.24, 2.45) is 0 Å². The maximum absolute atomic E-state index is 5.73. The molecule has 0 amide bonds. The van der Waals surface area contributed by atoms with Gasteiger partial charge in [-0.05, 0) is 26.2 Å². The Bertz CT molecular complexity index is 430. The van der Waals surface area contributed by atoms with Crippen molar-refractivity contribution in [3.05, 3.63) is 11.1 Å². The van der Waals surface area contributed by atoms with Crippen molar-refractivity contribution < 1.29 is 0 Å². The number of thiazole rings is 1. The van der Waals surface area contributed by atoms with E-state index in [-0.39, 0.29) is 0 Å². The molecule has 138 valence electrons. The number of nitrogens with zero attached hydrogens (tertiary/aromatic N) is 1. The van der Waals surface area contributed by atoms with Crippen LogP contribution in [0.15, 0.2) is 6.20 Å². The van der Waals surface area contributed by atoms with E-state index in [9.17, 15) is 0 Å². The highest BCUT2D eigenvalue weighted by Gasteiger charge is 2.22. The van der Waals surface area contributed by atoms with Crippen LogP contribution in [-0.4, -0.2) is 17.1 Å². The second-order valence-electron chi connectivity index (χ2n) is 7.79. The fourth-order valence-corrected chi connectivity index (χ4v) is 4.53. The SMILES string of the molecule is CC1(NCCc2cnc(N)s2)CCCCCCCCCCCCC1. The summed E-state index contributed by atoms with van der Waals surface area (Å²) in [5.74, 6) is 0. The summed E-state index contributed by atoms with van der Waals surface area (Å²) in [6, 6.07) is 0. The van der Waals surface area contributed by atoms with Gasteiger partial charge < -0.3 is 11.1 Å². The van der Waals surface area contributed by atoms with Crippen molar-refractivity contribution >= 4 is 16.5 Å². The van der Waals surface area contributed by atoms with Crippen LogP contribution in [0.4, 0.5) is 5.13 Å². The summed E-state index contributed by atoms with van der Waals surface area (Å²) < 4.78 is 0. The zero-order valence-corrected chi connectivity index (χ0v) is 16.4. The molecule has 1 aromatic heterocycles. The minimum atomic E-state index is 0.306. The standard InChI is InChI=1S/C20H37N3S/c1-20(23-16-13-18-17-22-19(21)24-18)14-11-9-7-5-3-2-4-6-8-10-12-15-20/h17,23H,2-16H2,1H3,(H2,21,22). The predicted molar refractivity (Wildman–Crippen MR) is 107 cm³/mol. The normalized spacial score (nSPS) is 21.2. The molecule has 3 N–H and O–H groups in total. The number of rotatable bonds is 4. The van der Waals surface area contributed by atoms with E-state index < -0.39 is 0 Å². The summed E-state index contributed by atoms with van der Waals surface area (Å²) in [5.41, 5.74) is 6.03. The van der Waals surface area contributed by atoms with Gasteiger partial charge in [-0.3, -0.25) is 0 Å². The summed E-state index contributed by atoms with van der Waals surface area (Å²) in [5, 5.41) is 4.56. The van der Waals surface area contributed by atoms with Crippen LogP contribution >= 0.6 is 11.3 Å². The average molecular weight is 352 g/mol. The molecule has 1 aliphatic rings. The minimum absolute atomic E-state index is 0.306. The van der Waals surface area contributed by atoms with Crippen molar-refractivity contribution in [2.75, 3.05) is 12.3 Å². The first-order valence-corrected chi connectivity index (χ1v) is 10.9. The van der Waals surface area contributed by atoms with Crippen molar-refractivity contribution in [3.63, 3.8) is 0 Å². The van der Waals surface area contributed by atoms with E-state index in [1.165, 1.54) is 88.3 Å². The van der Waals surface area contributed by atoms with E-state index in [1.807, 2.05) is 6.20 Å². The van der Waals surface area contributed by atoms with Crippen LogP contribution < -0.4 is 11.1 Å². The summed E-state index contributed by atoms with van der Waals surface area (Å²) in [6.07, 6.45) is 21.3. The van der Waals surface area contributed by atoms with Gasteiger partial charge in [0.2, 0.25) is 0 Å². The van der Waals surface area contributed by atoms with E-state index in [0.29, 0.717) is 10.7 Å². The van der Waals surface area contributed by atoms with Crippen LogP contribution in [0.1, 0.15) is 95.3 Å². The van der Waals surface area contributed by atoms with Crippen molar-refractivity contribution in [3.8, 4) is 0 Å². The first kappa shape index (κ1) is 19.7. The highest BCUT2D eigenvalue weighted by atomic mass is 32.1. The molecule has 1 aromatic rings. The number of anilines is 1. The zero-order valence-electron chi connectivity index (χ0n) is 15.6. The zero-order chi connectivity index (χ0) is 17.1. The molecule has 0 aromatic carbocycles. The Morgan fingerprint density at radius 1 is 0.958 bits per heavy atom. The third kappa shape index (κ3) is 7.98. The van der Waals surface area contributed by atoms with Crippen LogP contribution in [-0.2, 0) is 6.42 Å². The quantitative estimate of drug-likeness (QED) is 0.731. The lowest BCUT2D eigenvalue weighted by atomic mass is 9.87. The maximum Gasteiger partial charge on any atom is 0.180 e. The van der Waals surface area contributed by atoms with Gasteiger partial charge in [-0.2, -0.15) is 0 Å². The van der Waals surface area contributed by atoms with E-state index in [1.54, 1.807) is 11.3 Å². The average Bonchev–Trinajstić information content (AvgIpc) is 2.97. The smallest absolute Gasteiger partial charge is 0.180 e. The van der Waals surface area contributed by atoms with Gasteiger partial charge in [0, 0.05) is 23.2 Å². The molecule has 3 nitrogen and oxygen atoms in total. The molecular weight excluding hydrogens is 314 g/mol. The predicted octanol–water partition coefficient (Wildman–Crippen LogP) is 5.70. The first-order valence-electron chi connectivity index (χ1n) is 10.1. The molecule has 0 bridgehead atoms. The lowest BCUT2D eigenvalue weighted by molar-refractivity contribution is 0.287. The van der Waals surface area contributed by atoms with Crippen LogP contribution in [0.25, 0.3) is 0 Å². The molecule has 0 aliphatic heterocycles. The molecule has 0 atom stereocenters. The van der Waals surface area contributed by atoms with Gasteiger partial charge in [-0.1, -0.05) is 70.6 Å². The Morgan fingerprint density at radius 3 is 1.92 bits per heavy atom. The highest BCUT2D eigenvalue weighted by molar-refractivity contribution is 7.15.